The molecule has 1 rings (SSSR count). The lowest BCUT2D eigenvalue weighted by Gasteiger charge is -2.22. The van der Waals surface area contributed by atoms with E-state index in [0.29, 0.717) is 5.91 Å². The maximum Gasteiger partial charge on any atom is 0.222 e. The van der Waals surface area contributed by atoms with E-state index in [1.165, 1.54) is 19.3 Å². The van der Waals surface area contributed by atoms with Gasteiger partial charge in [0.1, 0.15) is 0 Å². The van der Waals surface area contributed by atoms with Gasteiger partial charge in [-0.05, 0) is 45.3 Å². The lowest BCUT2D eigenvalue weighted by atomic mass is 10.2. The minimum atomic E-state index is 0.359. The molecule has 0 aromatic rings. The summed E-state index contributed by atoms with van der Waals surface area (Å²) in [6.45, 7) is 8.11. The van der Waals surface area contributed by atoms with Crippen LogP contribution < -0.4 is 5.73 Å². The molecule has 0 aliphatic carbocycles. The van der Waals surface area contributed by atoms with Gasteiger partial charge in [-0.15, -0.1) is 0 Å². The van der Waals surface area contributed by atoms with E-state index in [4.69, 9.17) is 5.73 Å². The second kappa shape index (κ2) is 10.2. The molecule has 0 aromatic heterocycles. The van der Waals surface area contributed by atoms with Gasteiger partial charge in [0.25, 0.3) is 0 Å². The highest BCUT2D eigenvalue weighted by molar-refractivity contribution is 5.76. The Bertz CT molecular complexity index is 246. The third-order valence-corrected chi connectivity index (χ3v) is 3.86. The molecule has 1 fully saturated rings. The van der Waals surface area contributed by atoms with Crippen LogP contribution in [0.3, 0.4) is 0 Å². The Morgan fingerprint density at radius 1 is 1.05 bits per heavy atom. The van der Waals surface area contributed by atoms with Crippen molar-refractivity contribution >= 4 is 5.91 Å². The van der Waals surface area contributed by atoms with Crippen molar-refractivity contribution in [3.63, 3.8) is 0 Å². The Hall–Kier alpha value is -0.610. The highest BCUT2D eigenvalue weighted by Crippen LogP contribution is 2.08. The first-order valence-corrected chi connectivity index (χ1v) is 7.98. The molecule has 1 saturated heterocycles. The summed E-state index contributed by atoms with van der Waals surface area (Å²) in [6.07, 6.45) is 7.54. The smallest absolute Gasteiger partial charge is 0.222 e. The summed E-state index contributed by atoms with van der Waals surface area (Å²) in [5, 5.41) is 0. The zero-order chi connectivity index (χ0) is 13.9. The van der Waals surface area contributed by atoms with Crippen LogP contribution in [0.2, 0.25) is 0 Å². The lowest BCUT2D eigenvalue weighted by Crippen LogP contribution is -2.35. The van der Waals surface area contributed by atoms with E-state index in [1.54, 1.807) is 0 Å². The van der Waals surface area contributed by atoms with E-state index in [9.17, 15) is 4.79 Å². The molecule has 4 nitrogen and oxygen atoms in total. The van der Waals surface area contributed by atoms with Crippen LogP contribution in [0.5, 0.6) is 0 Å². The van der Waals surface area contributed by atoms with Crippen LogP contribution in [0.1, 0.15) is 51.9 Å². The highest BCUT2D eigenvalue weighted by Gasteiger charge is 2.18. The van der Waals surface area contributed by atoms with Crippen molar-refractivity contribution in [2.75, 3.05) is 39.3 Å². The molecule has 0 radical (unpaired) electrons. The summed E-state index contributed by atoms with van der Waals surface area (Å²) in [4.78, 5) is 16.6. The van der Waals surface area contributed by atoms with Gasteiger partial charge in [0.2, 0.25) is 5.91 Å². The van der Waals surface area contributed by atoms with E-state index in [2.05, 4.69) is 16.7 Å². The van der Waals surface area contributed by atoms with E-state index >= 15 is 0 Å². The molecule has 0 saturated carbocycles. The van der Waals surface area contributed by atoms with E-state index < -0.39 is 0 Å². The minimum absolute atomic E-state index is 0.359. The number of rotatable bonds is 8. The molecule has 1 amide bonds. The second-order valence-corrected chi connectivity index (χ2v) is 5.53. The molecule has 0 bridgehead atoms. The number of carbonyl (C=O) groups excluding carboxylic acids is 1. The first-order valence-electron chi connectivity index (χ1n) is 7.98. The van der Waals surface area contributed by atoms with Gasteiger partial charge < -0.3 is 15.5 Å². The molecule has 0 atom stereocenters. The predicted octanol–water partition coefficient (Wildman–Crippen LogP) is 1.84. The summed E-state index contributed by atoms with van der Waals surface area (Å²) in [6, 6.07) is 0. The highest BCUT2D eigenvalue weighted by atomic mass is 16.2. The Labute approximate surface area is 118 Å². The van der Waals surface area contributed by atoms with Crippen LogP contribution in [-0.2, 0) is 4.79 Å². The molecule has 0 spiro atoms. The van der Waals surface area contributed by atoms with Gasteiger partial charge in [-0.3, -0.25) is 4.79 Å². The molecule has 0 unspecified atom stereocenters. The van der Waals surface area contributed by atoms with Gasteiger partial charge in [0, 0.05) is 26.1 Å². The molecule has 112 valence electrons. The van der Waals surface area contributed by atoms with Crippen molar-refractivity contribution in [2.45, 2.75) is 51.9 Å². The zero-order valence-electron chi connectivity index (χ0n) is 12.6. The van der Waals surface area contributed by atoms with Gasteiger partial charge in [-0.2, -0.15) is 0 Å². The standard InChI is InChI=1S/C15H31N3O/c1-2-3-4-8-15(19)18-12-7-11-17(13-14-18)10-6-5-9-16/h2-14,16H2,1H3. The number of hydrogen-bond acceptors (Lipinski definition) is 3. The van der Waals surface area contributed by atoms with Crippen molar-refractivity contribution < 1.29 is 4.79 Å². The number of amides is 1. The topological polar surface area (TPSA) is 49.6 Å². The number of carbonyl (C=O) groups is 1. The van der Waals surface area contributed by atoms with E-state index in [-0.39, 0.29) is 0 Å². The third-order valence-electron chi connectivity index (χ3n) is 3.86. The van der Waals surface area contributed by atoms with E-state index in [1.807, 2.05) is 0 Å². The largest absolute Gasteiger partial charge is 0.341 e. The van der Waals surface area contributed by atoms with Crippen LogP contribution in [0.4, 0.5) is 0 Å². The van der Waals surface area contributed by atoms with Crippen LogP contribution in [0, 0.1) is 0 Å². The average molecular weight is 269 g/mol. The van der Waals surface area contributed by atoms with E-state index in [0.717, 1.165) is 65.0 Å². The Morgan fingerprint density at radius 3 is 2.63 bits per heavy atom. The summed E-state index contributed by atoms with van der Waals surface area (Å²) < 4.78 is 0. The Kier molecular flexibility index (Phi) is 8.84. The van der Waals surface area contributed by atoms with Crippen LogP contribution in [0.15, 0.2) is 0 Å². The third kappa shape index (κ3) is 6.92. The fraction of sp³-hybridized carbons (Fsp3) is 0.933. The molecule has 1 aliphatic rings. The summed E-state index contributed by atoms with van der Waals surface area (Å²) in [5.41, 5.74) is 5.52. The maximum atomic E-state index is 12.1. The summed E-state index contributed by atoms with van der Waals surface area (Å²) >= 11 is 0. The van der Waals surface area contributed by atoms with Crippen LogP contribution in [-0.4, -0.2) is 55.0 Å². The quantitative estimate of drug-likeness (QED) is 0.684. The fourth-order valence-corrected chi connectivity index (χ4v) is 2.61. The fourth-order valence-electron chi connectivity index (χ4n) is 2.61. The van der Waals surface area contributed by atoms with Gasteiger partial charge in [-0.25, -0.2) is 0 Å². The minimum Gasteiger partial charge on any atom is -0.341 e. The van der Waals surface area contributed by atoms with Crippen molar-refractivity contribution in [1.29, 1.82) is 0 Å². The van der Waals surface area contributed by atoms with Crippen molar-refractivity contribution in [3.8, 4) is 0 Å². The Morgan fingerprint density at radius 2 is 1.89 bits per heavy atom. The first-order chi connectivity index (χ1) is 9.27. The van der Waals surface area contributed by atoms with Gasteiger partial charge in [-0.1, -0.05) is 19.8 Å². The monoisotopic (exact) mass is 269 g/mol. The molecule has 0 aromatic carbocycles. The summed E-state index contributed by atoms with van der Waals surface area (Å²) in [7, 11) is 0. The molecule has 4 heteroatoms. The molecule has 1 aliphatic heterocycles. The number of hydrogen-bond donors (Lipinski definition) is 1. The lowest BCUT2D eigenvalue weighted by molar-refractivity contribution is -0.131. The van der Waals surface area contributed by atoms with Crippen molar-refractivity contribution in [2.24, 2.45) is 5.73 Å². The number of nitrogens with zero attached hydrogens (tertiary/aromatic N) is 2. The van der Waals surface area contributed by atoms with Gasteiger partial charge in [0.15, 0.2) is 0 Å². The van der Waals surface area contributed by atoms with Crippen LogP contribution in [0.25, 0.3) is 0 Å². The molecule has 1 heterocycles. The molecule has 19 heavy (non-hydrogen) atoms. The molecular formula is C15H31N3O. The normalized spacial score (nSPS) is 17.5. The maximum absolute atomic E-state index is 12.1. The van der Waals surface area contributed by atoms with Crippen LogP contribution >= 0.6 is 0 Å². The first kappa shape index (κ1) is 16.4. The van der Waals surface area contributed by atoms with Gasteiger partial charge >= 0.3 is 0 Å². The zero-order valence-corrected chi connectivity index (χ0v) is 12.6. The number of nitrogens with two attached hydrogens (primary N) is 1. The van der Waals surface area contributed by atoms with Gasteiger partial charge in [0.05, 0.1) is 0 Å². The van der Waals surface area contributed by atoms with Crippen molar-refractivity contribution in [1.82, 2.24) is 9.80 Å². The number of unbranched alkanes of at least 4 members (excludes halogenated alkanes) is 3. The van der Waals surface area contributed by atoms with Crippen molar-refractivity contribution in [3.05, 3.63) is 0 Å². The summed E-state index contributed by atoms with van der Waals surface area (Å²) in [5.74, 6) is 0.359. The SMILES string of the molecule is CCCCCC(=O)N1CCCN(CCCCN)CC1. The second-order valence-electron chi connectivity index (χ2n) is 5.53. The average Bonchev–Trinajstić information content (AvgIpc) is 2.65. The molecule has 2 N–H and O–H groups in total. The predicted molar refractivity (Wildman–Crippen MR) is 80.1 cm³/mol. The molecular weight excluding hydrogens is 238 g/mol. The Balaban J connectivity index is 2.22.